The van der Waals surface area contributed by atoms with Crippen molar-refractivity contribution in [3.05, 3.63) is 29.3 Å². The zero-order valence-electron chi connectivity index (χ0n) is 13.6. The maximum absolute atomic E-state index is 9.10. The largest absolute Gasteiger partial charge is 0.494 e. The Kier molecular flexibility index (Phi) is 9.61. The molecule has 0 fully saturated rings. The fourth-order valence-corrected chi connectivity index (χ4v) is 1.52. The van der Waals surface area contributed by atoms with E-state index in [0.717, 1.165) is 25.3 Å². The molecule has 0 aromatic heterocycles. The summed E-state index contributed by atoms with van der Waals surface area (Å²) in [6.45, 7) is 6.19. The Morgan fingerprint density at radius 1 is 1.05 bits per heavy atom. The maximum atomic E-state index is 9.10. The number of carboxylic acid groups (broad SMARTS) is 2. The van der Waals surface area contributed by atoms with Gasteiger partial charge in [-0.2, -0.15) is 0 Å². The summed E-state index contributed by atoms with van der Waals surface area (Å²) in [6, 6.07) is 6.28. The van der Waals surface area contributed by atoms with Gasteiger partial charge in [0.25, 0.3) is 0 Å². The van der Waals surface area contributed by atoms with Gasteiger partial charge in [-0.25, -0.2) is 9.59 Å². The molecule has 0 aliphatic carbocycles. The Hall–Kier alpha value is -2.08. The van der Waals surface area contributed by atoms with Crippen molar-refractivity contribution in [3.8, 4) is 5.75 Å². The molecule has 6 heteroatoms. The smallest absolute Gasteiger partial charge is 0.414 e. The molecule has 0 unspecified atom stereocenters. The molecule has 2 N–H and O–H groups in total. The van der Waals surface area contributed by atoms with Crippen molar-refractivity contribution in [2.45, 2.75) is 26.7 Å². The molecule has 0 spiro atoms. The highest BCUT2D eigenvalue weighted by molar-refractivity contribution is 6.27. The lowest BCUT2D eigenvalue weighted by atomic mass is 10.1. The number of benzene rings is 1. The van der Waals surface area contributed by atoms with E-state index < -0.39 is 11.9 Å². The number of nitrogens with zero attached hydrogens (tertiary/aromatic N) is 1. The molecule has 22 heavy (non-hydrogen) atoms. The second kappa shape index (κ2) is 10.6. The van der Waals surface area contributed by atoms with Crippen molar-refractivity contribution in [1.82, 2.24) is 4.90 Å². The Morgan fingerprint density at radius 3 is 2.09 bits per heavy atom. The third kappa shape index (κ3) is 9.77. The zero-order chi connectivity index (χ0) is 17.1. The minimum absolute atomic E-state index is 0.816. The van der Waals surface area contributed by atoms with Gasteiger partial charge in [-0.15, -0.1) is 0 Å². The van der Waals surface area contributed by atoms with Gasteiger partial charge in [0.05, 0.1) is 6.61 Å². The molecular weight excluding hydrogens is 286 g/mol. The van der Waals surface area contributed by atoms with Gasteiger partial charge in [0.2, 0.25) is 0 Å². The van der Waals surface area contributed by atoms with Crippen molar-refractivity contribution < 1.29 is 24.5 Å². The van der Waals surface area contributed by atoms with Crippen LogP contribution in [0.4, 0.5) is 0 Å². The molecule has 6 nitrogen and oxygen atoms in total. The van der Waals surface area contributed by atoms with Crippen LogP contribution in [0.2, 0.25) is 0 Å². The van der Waals surface area contributed by atoms with Crippen LogP contribution in [0.15, 0.2) is 18.2 Å². The number of unbranched alkanes of at least 4 members (excludes halogenated alkanes) is 1. The van der Waals surface area contributed by atoms with E-state index in [1.807, 2.05) is 6.07 Å². The number of hydrogen-bond donors (Lipinski definition) is 2. The van der Waals surface area contributed by atoms with Gasteiger partial charge >= 0.3 is 11.9 Å². The number of rotatable bonds is 6. The number of hydrogen-bond acceptors (Lipinski definition) is 4. The maximum Gasteiger partial charge on any atom is 0.414 e. The first-order valence-electron chi connectivity index (χ1n) is 7.05. The van der Waals surface area contributed by atoms with Gasteiger partial charge in [0.15, 0.2) is 0 Å². The highest BCUT2D eigenvalue weighted by Crippen LogP contribution is 2.16. The third-order valence-corrected chi connectivity index (χ3v) is 2.93. The van der Waals surface area contributed by atoms with Gasteiger partial charge in [0, 0.05) is 0 Å². The van der Waals surface area contributed by atoms with Crippen LogP contribution in [0.25, 0.3) is 0 Å². The summed E-state index contributed by atoms with van der Waals surface area (Å²) in [4.78, 5) is 20.4. The van der Waals surface area contributed by atoms with E-state index in [1.54, 1.807) is 0 Å². The van der Waals surface area contributed by atoms with Gasteiger partial charge in [-0.1, -0.05) is 6.07 Å². The third-order valence-electron chi connectivity index (χ3n) is 2.93. The highest BCUT2D eigenvalue weighted by Gasteiger charge is 2.04. The van der Waals surface area contributed by atoms with Crippen molar-refractivity contribution in [1.29, 1.82) is 0 Å². The first-order chi connectivity index (χ1) is 10.2. The van der Waals surface area contributed by atoms with E-state index >= 15 is 0 Å². The molecule has 0 heterocycles. The normalized spacial score (nSPS) is 9.86. The summed E-state index contributed by atoms with van der Waals surface area (Å²) in [7, 11) is 4.20. The molecule has 0 saturated carbocycles. The quantitative estimate of drug-likeness (QED) is 0.618. The number of carboxylic acids is 2. The molecule has 0 atom stereocenters. The fraction of sp³-hybridized carbons (Fsp3) is 0.500. The van der Waals surface area contributed by atoms with E-state index in [0.29, 0.717) is 0 Å². The molecule has 1 aromatic carbocycles. The summed E-state index contributed by atoms with van der Waals surface area (Å²) in [5.74, 6) is -2.65. The van der Waals surface area contributed by atoms with Gasteiger partial charge in [-0.3, -0.25) is 0 Å². The Morgan fingerprint density at radius 2 is 1.64 bits per heavy atom. The molecule has 0 amide bonds. The topological polar surface area (TPSA) is 87.1 Å². The monoisotopic (exact) mass is 311 g/mol. The van der Waals surface area contributed by atoms with Crippen LogP contribution in [-0.2, 0) is 9.59 Å². The lowest BCUT2D eigenvalue weighted by molar-refractivity contribution is -0.159. The predicted molar refractivity (Wildman–Crippen MR) is 84.5 cm³/mol. The van der Waals surface area contributed by atoms with Crippen molar-refractivity contribution in [2.75, 3.05) is 27.2 Å². The molecule has 0 aliphatic heterocycles. The first-order valence-corrected chi connectivity index (χ1v) is 7.05. The summed E-state index contributed by atoms with van der Waals surface area (Å²) >= 11 is 0. The lowest BCUT2D eigenvalue weighted by Crippen LogP contribution is -2.13. The predicted octanol–water partition coefficient (Wildman–Crippen LogP) is 2.18. The summed E-state index contributed by atoms with van der Waals surface area (Å²) in [5, 5.41) is 14.8. The minimum Gasteiger partial charge on any atom is -0.494 e. The van der Waals surface area contributed by atoms with E-state index in [9.17, 15) is 0 Å². The minimum atomic E-state index is -1.82. The van der Waals surface area contributed by atoms with Crippen LogP contribution in [0.1, 0.15) is 24.0 Å². The average molecular weight is 311 g/mol. The van der Waals surface area contributed by atoms with Gasteiger partial charge in [-0.05, 0) is 70.6 Å². The fourth-order valence-electron chi connectivity index (χ4n) is 1.52. The summed E-state index contributed by atoms with van der Waals surface area (Å²) < 4.78 is 5.71. The van der Waals surface area contributed by atoms with Gasteiger partial charge < -0.3 is 19.8 Å². The summed E-state index contributed by atoms with van der Waals surface area (Å²) in [6.07, 6.45) is 2.31. The molecular formula is C16H25NO5. The number of aliphatic carboxylic acids is 2. The molecule has 124 valence electrons. The van der Waals surface area contributed by atoms with Crippen LogP contribution in [0.5, 0.6) is 5.75 Å². The van der Waals surface area contributed by atoms with Crippen molar-refractivity contribution >= 4 is 11.9 Å². The zero-order valence-corrected chi connectivity index (χ0v) is 13.6. The standard InChI is InChI=1S/C14H23NO.C2H2O4/c1-12-7-8-14(11-13(12)2)16-10-6-5-9-15(3)4;3-1(4)2(5)6/h7-8,11H,5-6,9-10H2,1-4H3;(H,3,4)(H,5,6). The second-order valence-corrected chi connectivity index (χ2v) is 5.22. The van der Waals surface area contributed by atoms with Crippen molar-refractivity contribution in [3.63, 3.8) is 0 Å². The molecule has 1 aromatic rings. The SMILES string of the molecule is Cc1ccc(OCCCCN(C)C)cc1C.O=C(O)C(=O)O. The average Bonchev–Trinajstić information content (AvgIpc) is 2.42. The second-order valence-electron chi connectivity index (χ2n) is 5.22. The van der Waals surface area contributed by atoms with E-state index in [2.05, 4.69) is 45.0 Å². The molecule has 0 saturated heterocycles. The van der Waals surface area contributed by atoms with Crippen LogP contribution in [-0.4, -0.2) is 54.3 Å². The lowest BCUT2D eigenvalue weighted by Gasteiger charge is -2.10. The Balaban J connectivity index is 0.000000626. The van der Waals surface area contributed by atoms with E-state index in [1.165, 1.54) is 17.5 Å². The van der Waals surface area contributed by atoms with E-state index in [-0.39, 0.29) is 0 Å². The molecule has 0 radical (unpaired) electrons. The van der Waals surface area contributed by atoms with Crippen molar-refractivity contribution in [2.24, 2.45) is 0 Å². The van der Waals surface area contributed by atoms with Gasteiger partial charge in [0.1, 0.15) is 5.75 Å². The Bertz CT molecular complexity index is 473. The molecule has 0 bridgehead atoms. The Labute approximate surface area is 131 Å². The summed E-state index contributed by atoms with van der Waals surface area (Å²) in [5.41, 5.74) is 2.62. The van der Waals surface area contributed by atoms with Crippen LogP contribution < -0.4 is 4.74 Å². The molecule has 1 rings (SSSR count). The van der Waals surface area contributed by atoms with E-state index in [4.69, 9.17) is 24.5 Å². The number of ether oxygens (including phenoxy) is 1. The van der Waals surface area contributed by atoms with Crippen LogP contribution >= 0.6 is 0 Å². The van der Waals surface area contributed by atoms with Crippen LogP contribution in [0.3, 0.4) is 0 Å². The first kappa shape index (κ1) is 19.9. The highest BCUT2D eigenvalue weighted by atomic mass is 16.5. The molecule has 0 aliphatic rings. The van der Waals surface area contributed by atoms with Crippen LogP contribution in [0, 0.1) is 13.8 Å². The number of aryl methyl sites for hydroxylation is 2. The number of carbonyl (C=O) groups is 2.